The van der Waals surface area contributed by atoms with E-state index in [4.69, 9.17) is 9.72 Å². The van der Waals surface area contributed by atoms with Gasteiger partial charge in [0.05, 0.1) is 19.8 Å². The van der Waals surface area contributed by atoms with E-state index in [9.17, 15) is 0 Å². The molecule has 0 aromatic carbocycles. The van der Waals surface area contributed by atoms with Crippen LogP contribution in [-0.4, -0.2) is 52.6 Å². The number of halogens is 2. The highest BCUT2D eigenvalue weighted by Gasteiger charge is 2.19. The summed E-state index contributed by atoms with van der Waals surface area (Å²) in [5.41, 5.74) is 0.889. The maximum Gasteiger partial charge on any atom is 0.182 e. The summed E-state index contributed by atoms with van der Waals surface area (Å²) < 4.78 is 7.55. The van der Waals surface area contributed by atoms with Crippen molar-refractivity contribution in [2.24, 2.45) is 0 Å². The molecule has 2 aromatic rings. The van der Waals surface area contributed by atoms with Crippen molar-refractivity contribution in [2.75, 3.05) is 37.7 Å². The number of nitrogens with one attached hydrogen (secondary N) is 1. The molecule has 0 spiro atoms. The summed E-state index contributed by atoms with van der Waals surface area (Å²) in [6, 6.07) is 6.09. The summed E-state index contributed by atoms with van der Waals surface area (Å²) in [5, 5.41) is 11.9. The van der Waals surface area contributed by atoms with E-state index >= 15 is 0 Å². The largest absolute Gasteiger partial charge is 0.378 e. The molecule has 9 heteroatoms. The van der Waals surface area contributed by atoms with Crippen molar-refractivity contribution in [2.45, 2.75) is 13.1 Å². The zero-order valence-electron chi connectivity index (χ0n) is 12.6. The summed E-state index contributed by atoms with van der Waals surface area (Å²) in [7, 11) is 0. The Kier molecular flexibility index (Phi) is 6.17. The molecule has 1 fully saturated rings. The number of fused-ring (bicyclic) bond motifs is 1. The van der Waals surface area contributed by atoms with Gasteiger partial charge in [0.25, 0.3) is 0 Å². The molecule has 0 aliphatic carbocycles. The van der Waals surface area contributed by atoms with Crippen molar-refractivity contribution in [3.8, 4) is 11.5 Å². The zero-order chi connectivity index (χ0) is 14.1. The van der Waals surface area contributed by atoms with Crippen LogP contribution in [0.25, 0.3) is 11.5 Å². The first-order valence-electron chi connectivity index (χ1n) is 7.35. The molecule has 0 amide bonds. The number of hydrogen-bond donors (Lipinski definition) is 1. The van der Waals surface area contributed by atoms with Gasteiger partial charge in [-0.15, -0.1) is 35.0 Å². The van der Waals surface area contributed by atoms with Crippen molar-refractivity contribution < 1.29 is 4.74 Å². The molecule has 0 unspecified atom stereocenters. The van der Waals surface area contributed by atoms with Crippen LogP contribution < -0.4 is 10.2 Å². The summed E-state index contributed by atoms with van der Waals surface area (Å²) in [6.07, 6.45) is 0. The standard InChI is InChI=1S/C14H18N6O.2ClH/c1-2-11(14-18-17-13-10-15-4-5-20(13)14)16-12(3-1)19-6-8-21-9-7-19;;/h1-3,15H,4-10H2;2*1H. The highest BCUT2D eigenvalue weighted by atomic mass is 35.5. The van der Waals surface area contributed by atoms with E-state index in [0.717, 1.165) is 69.1 Å². The number of rotatable bonds is 2. The molecule has 0 bridgehead atoms. The topological polar surface area (TPSA) is 68.1 Å². The monoisotopic (exact) mass is 358 g/mol. The molecule has 2 aliphatic heterocycles. The van der Waals surface area contributed by atoms with Crippen molar-refractivity contribution >= 4 is 30.6 Å². The molecule has 4 heterocycles. The first-order valence-corrected chi connectivity index (χ1v) is 7.35. The Morgan fingerprint density at radius 1 is 1.04 bits per heavy atom. The zero-order valence-corrected chi connectivity index (χ0v) is 14.3. The van der Waals surface area contributed by atoms with Gasteiger partial charge in [-0.25, -0.2) is 4.98 Å². The maximum absolute atomic E-state index is 5.40. The number of hydrogen-bond acceptors (Lipinski definition) is 6. The van der Waals surface area contributed by atoms with Gasteiger partial charge >= 0.3 is 0 Å². The van der Waals surface area contributed by atoms with Crippen LogP contribution in [0.15, 0.2) is 18.2 Å². The van der Waals surface area contributed by atoms with Gasteiger partial charge in [0.15, 0.2) is 5.82 Å². The van der Waals surface area contributed by atoms with Gasteiger partial charge in [0.2, 0.25) is 0 Å². The van der Waals surface area contributed by atoms with E-state index in [1.807, 2.05) is 18.2 Å². The molecule has 126 valence electrons. The Hall–Kier alpha value is -1.41. The van der Waals surface area contributed by atoms with Gasteiger partial charge in [0.1, 0.15) is 17.3 Å². The Morgan fingerprint density at radius 2 is 1.87 bits per heavy atom. The highest BCUT2D eigenvalue weighted by molar-refractivity contribution is 5.85. The van der Waals surface area contributed by atoms with Gasteiger partial charge < -0.3 is 19.5 Å². The first kappa shape index (κ1) is 17.9. The number of pyridine rings is 1. The van der Waals surface area contributed by atoms with E-state index < -0.39 is 0 Å². The minimum absolute atomic E-state index is 0. The van der Waals surface area contributed by atoms with E-state index in [-0.39, 0.29) is 24.8 Å². The lowest BCUT2D eigenvalue weighted by molar-refractivity contribution is 0.122. The Bertz CT molecular complexity index is 644. The Balaban J connectivity index is 0.000000960. The van der Waals surface area contributed by atoms with Crippen molar-refractivity contribution in [3.63, 3.8) is 0 Å². The van der Waals surface area contributed by atoms with Crippen LogP contribution >= 0.6 is 24.8 Å². The lowest BCUT2D eigenvalue weighted by Gasteiger charge is -2.28. The average Bonchev–Trinajstić information content (AvgIpc) is 3.00. The summed E-state index contributed by atoms with van der Waals surface area (Å²) in [4.78, 5) is 7.03. The Morgan fingerprint density at radius 3 is 2.70 bits per heavy atom. The summed E-state index contributed by atoms with van der Waals surface area (Å²) in [5.74, 6) is 2.83. The average molecular weight is 359 g/mol. The van der Waals surface area contributed by atoms with Crippen LogP contribution in [0.5, 0.6) is 0 Å². The molecule has 0 atom stereocenters. The fraction of sp³-hybridized carbons (Fsp3) is 0.500. The molecule has 0 saturated carbocycles. The normalized spacial score (nSPS) is 17.0. The molecule has 23 heavy (non-hydrogen) atoms. The van der Waals surface area contributed by atoms with Crippen LogP contribution in [0.1, 0.15) is 5.82 Å². The quantitative estimate of drug-likeness (QED) is 0.867. The van der Waals surface area contributed by atoms with E-state index in [2.05, 4.69) is 25.0 Å². The number of nitrogens with zero attached hydrogens (tertiary/aromatic N) is 5. The number of morpholine rings is 1. The molecule has 0 radical (unpaired) electrons. The van der Waals surface area contributed by atoms with Crippen LogP contribution in [-0.2, 0) is 17.8 Å². The molecular formula is C14H20Cl2N6O. The third-order valence-corrected chi connectivity index (χ3v) is 3.92. The van der Waals surface area contributed by atoms with E-state index in [1.165, 1.54) is 0 Å². The van der Waals surface area contributed by atoms with Crippen molar-refractivity contribution in [3.05, 3.63) is 24.0 Å². The van der Waals surface area contributed by atoms with Crippen molar-refractivity contribution in [1.82, 2.24) is 25.1 Å². The second kappa shape index (κ2) is 7.92. The molecule has 1 N–H and O–H groups in total. The van der Waals surface area contributed by atoms with Gasteiger partial charge in [-0.3, -0.25) is 0 Å². The number of aromatic nitrogens is 4. The minimum atomic E-state index is 0. The van der Waals surface area contributed by atoms with E-state index in [0.29, 0.717) is 0 Å². The highest BCUT2D eigenvalue weighted by Crippen LogP contribution is 2.21. The Labute approximate surface area is 147 Å². The smallest absolute Gasteiger partial charge is 0.182 e. The van der Waals surface area contributed by atoms with Crippen LogP contribution in [0.4, 0.5) is 5.82 Å². The summed E-state index contributed by atoms with van der Waals surface area (Å²) >= 11 is 0. The number of ether oxygens (including phenoxy) is 1. The molecule has 4 rings (SSSR count). The van der Waals surface area contributed by atoms with Crippen LogP contribution in [0.3, 0.4) is 0 Å². The third-order valence-electron chi connectivity index (χ3n) is 3.92. The maximum atomic E-state index is 5.40. The molecule has 1 saturated heterocycles. The fourth-order valence-corrected chi connectivity index (χ4v) is 2.80. The lowest BCUT2D eigenvalue weighted by Crippen LogP contribution is -2.36. The second-order valence-electron chi connectivity index (χ2n) is 5.25. The third kappa shape index (κ3) is 3.58. The summed E-state index contributed by atoms with van der Waals surface area (Å²) in [6.45, 7) is 5.91. The lowest BCUT2D eigenvalue weighted by atomic mass is 10.3. The predicted octanol–water partition coefficient (Wildman–Crippen LogP) is 1.12. The molecule has 7 nitrogen and oxygen atoms in total. The predicted molar refractivity (Wildman–Crippen MR) is 92.5 cm³/mol. The second-order valence-corrected chi connectivity index (χ2v) is 5.25. The van der Waals surface area contributed by atoms with Gasteiger partial charge in [0, 0.05) is 26.2 Å². The van der Waals surface area contributed by atoms with E-state index in [1.54, 1.807) is 0 Å². The number of anilines is 1. The van der Waals surface area contributed by atoms with Gasteiger partial charge in [-0.1, -0.05) is 6.07 Å². The molecule has 2 aromatic heterocycles. The van der Waals surface area contributed by atoms with Crippen LogP contribution in [0, 0.1) is 0 Å². The fourth-order valence-electron chi connectivity index (χ4n) is 2.80. The van der Waals surface area contributed by atoms with Crippen molar-refractivity contribution in [1.29, 1.82) is 0 Å². The van der Waals surface area contributed by atoms with Crippen LogP contribution in [0.2, 0.25) is 0 Å². The molecule has 2 aliphatic rings. The first-order chi connectivity index (χ1) is 10.4. The van der Waals surface area contributed by atoms with Gasteiger partial charge in [-0.05, 0) is 12.1 Å². The minimum Gasteiger partial charge on any atom is -0.378 e. The SMILES string of the molecule is Cl.Cl.c1cc(-c2nnc3n2CCNC3)nc(N2CCOCC2)c1. The van der Waals surface area contributed by atoms with Gasteiger partial charge in [-0.2, -0.15) is 0 Å². The molecular weight excluding hydrogens is 339 g/mol.